The SMILES string of the molecule is CC(=O)OCCCCCC(O)C1=C(C)C(=O)C(C)=C(C)C1=O. The second kappa shape index (κ2) is 8.03. The molecule has 1 rings (SSSR count). The molecule has 0 aliphatic heterocycles. The molecule has 1 atom stereocenters. The van der Waals surface area contributed by atoms with E-state index in [0.29, 0.717) is 36.2 Å². The van der Waals surface area contributed by atoms with Gasteiger partial charge in [0.15, 0.2) is 11.6 Å². The number of rotatable bonds is 7. The van der Waals surface area contributed by atoms with E-state index < -0.39 is 6.10 Å². The minimum absolute atomic E-state index is 0.166. The lowest BCUT2D eigenvalue weighted by Crippen LogP contribution is -2.28. The molecule has 0 fully saturated rings. The molecule has 0 heterocycles. The molecule has 22 heavy (non-hydrogen) atoms. The molecular formula is C17H24O5. The molecule has 0 amide bonds. The van der Waals surface area contributed by atoms with Crippen molar-refractivity contribution in [3.63, 3.8) is 0 Å². The Hall–Kier alpha value is -1.75. The summed E-state index contributed by atoms with van der Waals surface area (Å²) < 4.78 is 4.82. The number of hydrogen-bond donors (Lipinski definition) is 1. The van der Waals surface area contributed by atoms with Gasteiger partial charge in [-0.05, 0) is 40.0 Å². The summed E-state index contributed by atoms with van der Waals surface area (Å²) in [6.07, 6.45) is 1.69. The number of aliphatic hydroxyl groups is 1. The molecule has 5 heteroatoms. The van der Waals surface area contributed by atoms with Crippen LogP contribution in [0.1, 0.15) is 53.4 Å². The molecule has 0 aromatic rings. The molecule has 122 valence electrons. The summed E-state index contributed by atoms with van der Waals surface area (Å²) in [5.74, 6) is -0.701. The van der Waals surface area contributed by atoms with E-state index in [1.807, 2.05) is 0 Å². The van der Waals surface area contributed by atoms with E-state index in [-0.39, 0.29) is 23.1 Å². The molecule has 1 aliphatic carbocycles. The first-order valence-corrected chi connectivity index (χ1v) is 7.56. The summed E-state index contributed by atoms with van der Waals surface area (Å²) in [5.41, 5.74) is 1.45. The van der Waals surface area contributed by atoms with Gasteiger partial charge in [-0.3, -0.25) is 14.4 Å². The van der Waals surface area contributed by atoms with Crippen LogP contribution in [0.2, 0.25) is 0 Å². The minimum Gasteiger partial charge on any atom is -0.466 e. The maximum atomic E-state index is 12.3. The Bertz CT molecular complexity index is 539. The Labute approximate surface area is 131 Å². The molecule has 0 bridgehead atoms. The van der Waals surface area contributed by atoms with Crippen molar-refractivity contribution < 1.29 is 24.2 Å². The van der Waals surface area contributed by atoms with Crippen molar-refractivity contribution in [2.75, 3.05) is 6.61 Å². The van der Waals surface area contributed by atoms with Gasteiger partial charge in [-0.25, -0.2) is 0 Å². The number of carbonyl (C=O) groups is 3. The summed E-state index contributed by atoms with van der Waals surface area (Å²) >= 11 is 0. The molecule has 1 N–H and O–H groups in total. The number of allylic oxidation sites excluding steroid dienone is 3. The Morgan fingerprint density at radius 1 is 1.00 bits per heavy atom. The van der Waals surface area contributed by atoms with Crippen molar-refractivity contribution in [3.8, 4) is 0 Å². The van der Waals surface area contributed by atoms with Gasteiger partial charge in [0, 0.05) is 29.2 Å². The first kappa shape index (κ1) is 18.3. The van der Waals surface area contributed by atoms with Gasteiger partial charge in [-0.15, -0.1) is 0 Å². The van der Waals surface area contributed by atoms with Crippen LogP contribution in [0.25, 0.3) is 0 Å². The summed E-state index contributed by atoms with van der Waals surface area (Å²) in [4.78, 5) is 34.9. The fraction of sp³-hybridized carbons (Fsp3) is 0.588. The topological polar surface area (TPSA) is 80.7 Å². The third-order valence-electron chi connectivity index (χ3n) is 3.99. The number of aliphatic hydroxyl groups excluding tert-OH is 1. The van der Waals surface area contributed by atoms with Gasteiger partial charge in [0.1, 0.15) is 0 Å². The van der Waals surface area contributed by atoms with Gasteiger partial charge in [0.25, 0.3) is 0 Å². The molecule has 5 nitrogen and oxygen atoms in total. The van der Waals surface area contributed by atoms with Crippen LogP contribution < -0.4 is 0 Å². The van der Waals surface area contributed by atoms with Crippen molar-refractivity contribution in [1.29, 1.82) is 0 Å². The largest absolute Gasteiger partial charge is 0.466 e. The van der Waals surface area contributed by atoms with E-state index >= 15 is 0 Å². The van der Waals surface area contributed by atoms with Crippen molar-refractivity contribution in [3.05, 3.63) is 22.3 Å². The van der Waals surface area contributed by atoms with Gasteiger partial charge >= 0.3 is 5.97 Å². The highest BCUT2D eigenvalue weighted by atomic mass is 16.5. The van der Waals surface area contributed by atoms with Crippen molar-refractivity contribution in [2.45, 2.75) is 59.5 Å². The van der Waals surface area contributed by atoms with E-state index in [9.17, 15) is 19.5 Å². The van der Waals surface area contributed by atoms with E-state index in [1.165, 1.54) is 6.92 Å². The lowest BCUT2D eigenvalue weighted by Gasteiger charge is -2.22. The Morgan fingerprint density at radius 2 is 1.59 bits per heavy atom. The molecular weight excluding hydrogens is 284 g/mol. The van der Waals surface area contributed by atoms with Crippen LogP contribution in [-0.4, -0.2) is 35.4 Å². The molecule has 0 aromatic heterocycles. The molecule has 0 radical (unpaired) electrons. The predicted octanol–water partition coefficient (Wildman–Crippen LogP) is 2.28. The standard InChI is InChI=1S/C17H24O5/c1-10-11(2)17(21)15(12(3)16(10)20)14(19)8-6-5-7-9-22-13(4)18/h14,19H,5-9H2,1-4H3. The number of esters is 1. The van der Waals surface area contributed by atoms with Gasteiger partial charge in [0.2, 0.25) is 0 Å². The average molecular weight is 308 g/mol. The molecule has 1 unspecified atom stereocenters. The van der Waals surface area contributed by atoms with Crippen molar-refractivity contribution in [2.24, 2.45) is 0 Å². The second-order valence-corrected chi connectivity index (χ2v) is 5.65. The normalized spacial score (nSPS) is 17.1. The highest BCUT2D eigenvalue weighted by molar-refractivity contribution is 6.24. The van der Waals surface area contributed by atoms with E-state index in [1.54, 1.807) is 20.8 Å². The van der Waals surface area contributed by atoms with Gasteiger partial charge in [0.05, 0.1) is 12.7 Å². The summed E-state index contributed by atoms with van der Waals surface area (Å²) in [6.45, 7) is 6.58. The van der Waals surface area contributed by atoms with Crippen LogP contribution in [0.15, 0.2) is 22.3 Å². The van der Waals surface area contributed by atoms with E-state index in [2.05, 4.69) is 0 Å². The highest BCUT2D eigenvalue weighted by Gasteiger charge is 2.31. The van der Waals surface area contributed by atoms with Crippen LogP contribution in [0, 0.1) is 0 Å². The predicted molar refractivity (Wildman–Crippen MR) is 82.2 cm³/mol. The maximum Gasteiger partial charge on any atom is 0.302 e. The number of hydrogen-bond acceptors (Lipinski definition) is 5. The Kier molecular flexibility index (Phi) is 6.68. The zero-order valence-electron chi connectivity index (χ0n) is 13.7. The lowest BCUT2D eigenvalue weighted by atomic mass is 9.82. The average Bonchev–Trinajstić information content (AvgIpc) is 2.46. The number of Topliss-reactive ketones (excluding diaryl/α,β-unsaturated/α-hetero) is 2. The first-order chi connectivity index (χ1) is 10.3. The fourth-order valence-electron chi connectivity index (χ4n) is 2.49. The van der Waals surface area contributed by atoms with Gasteiger partial charge in [-0.2, -0.15) is 0 Å². The van der Waals surface area contributed by atoms with Crippen molar-refractivity contribution >= 4 is 17.5 Å². The minimum atomic E-state index is -0.923. The number of ketones is 2. The Morgan fingerprint density at radius 3 is 2.18 bits per heavy atom. The van der Waals surface area contributed by atoms with Crippen LogP contribution in [-0.2, 0) is 19.1 Å². The molecule has 0 saturated carbocycles. The zero-order valence-corrected chi connectivity index (χ0v) is 13.7. The zero-order chi connectivity index (χ0) is 16.9. The van der Waals surface area contributed by atoms with Crippen molar-refractivity contribution in [1.82, 2.24) is 0 Å². The number of ether oxygens (including phenoxy) is 1. The van der Waals surface area contributed by atoms with E-state index in [4.69, 9.17) is 4.74 Å². The highest BCUT2D eigenvalue weighted by Crippen LogP contribution is 2.27. The Balaban J connectivity index is 2.55. The number of unbranched alkanes of at least 4 members (excludes halogenated alkanes) is 2. The second-order valence-electron chi connectivity index (χ2n) is 5.65. The number of carbonyl (C=O) groups excluding carboxylic acids is 3. The first-order valence-electron chi connectivity index (χ1n) is 7.56. The lowest BCUT2D eigenvalue weighted by molar-refractivity contribution is -0.141. The molecule has 0 aromatic carbocycles. The maximum absolute atomic E-state index is 12.3. The van der Waals surface area contributed by atoms with Crippen LogP contribution in [0.5, 0.6) is 0 Å². The molecule has 0 spiro atoms. The summed E-state index contributed by atoms with van der Waals surface area (Å²) in [6, 6.07) is 0. The quantitative estimate of drug-likeness (QED) is 0.443. The van der Waals surface area contributed by atoms with Crippen LogP contribution in [0.3, 0.4) is 0 Å². The molecule has 1 aliphatic rings. The van der Waals surface area contributed by atoms with Crippen LogP contribution >= 0.6 is 0 Å². The summed E-state index contributed by atoms with van der Waals surface area (Å²) in [7, 11) is 0. The van der Waals surface area contributed by atoms with Crippen LogP contribution in [0.4, 0.5) is 0 Å². The van der Waals surface area contributed by atoms with Gasteiger partial charge < -0.3 is 9.84 Å². The van der Waals surface area contributed by atoms with E-state index in [0.717, 1.165) is 12.8 Å². The smallest absolute Gasteiger partial charge is 0.302 e. The van der Waals surface area contributed by atoms with Gasteiger partial charge in [-0.1, -0.05) is 6.42 Å². The third-order valence-corrected chi connectivity index (χ3v) is 3.99. The third kappa shape index (κ3) is 4.37. The summed E-state index contributed by atoms with van der Waals surface area (Å²) in [5, 5.41) is 10.2. The fourth-order valence-corrected chi connectivity index (χ4v) is 2.49. The monoisotopic (exact) mass is 308 g/mol. The molecule has 0 saturated heterocycles.